The molecule has 0 spiro atoms. The first-order valence-electron chi connectivity index (χ1n) is 6.93. The lowest BCUT2D eigenvalue weighted by molar-refractivity contribution is -0.181. The molecule has 0 aromatic heterocycles. The fraction of sp³-hybridized carbons (Fsp3) is 0.588. The van der Waals surface area contributed by atoms with Crippen molar-refractivity contribution in [3.8, 4) is 0 Å². The Balaban J connectivity index is 2.89. The van der Waals surface area contributed by atoms with Crippen molar-refractivity contribution in [2.24, 2.45) is 10.8 Å². The number of ether oxygens (including phenoxy) is 1. The average molecular weight is 278 g/mol. The highest BCUT2D eigenvalue weighted by atomic mass is 16.5. The molecule has 20 heavy (non-hydrogen) atoms. The normalized spacial score (nSPS) is 13.3. The fourth-order valence-corrected chi connectivity index (χ4v) is 2.04. The second-order valence-corrected chi connectivity index (χ2v) is 6.84. The van der Waals surface area contributed by atoms with Crippen molar-refractivity contribution in [3.63, 3.8) is 0 Å². The first-order chi connectivity index (χ1) is 9.02. The zero-order chi connectivity index (χ0) is 15.6. The van der Waals surface area contributed by atoms with Gasteiger partial charge in [-0.1, -0.05) is 44.2 Å². The lowest BCUT2D eigenvalue weighted by Gasteiger charge is -2.49. The van der Waals surface area contributed by atoms with Crippen LogP contribution < -0.4 is 0 Å². The van der Waals surface area contributed by atoms with E-state index in [0.717, 1.165) is 5.56 Å². The second-order valence-electron chi connectivity index (χ2n) is 6.84. The van der Waals surface area contributed by atoms with Gasteiger partial charge in [-0.25, -0.2) is 0 Å². The summed E-state index contributed by atoms with van der Waals surface area (Å²) >= 11 is 0. The van der Waals surface area contributed by atoms with Crippen molar-refractivity contribution in [2.45, 2.75) is 53.8 Å². The highest BCUT2D eigenvalue weighted by molar-refractivity contribution is 5.75. The summed E-state index contributed by atoms with van der Waals surface area (Å²) in [7, 11) is 0. The largest absolute Gasteiger partial charge is 0.481 e. The van der Waals surface area contributed by atoms with Crippen LogP contribution in [0.25, 0.3) is 0 Å². The van der Waals surface area contributed by atoms with Crippen molar-refractivity contribution in [3.05, 3.63) is 35.9 Å². The summed E-state index contributed by atoms with van der Waals surface area (Å²) in [6, 6.07) is 9.92. The van der Waals surface area contributed by atoms with Crippen molar-refractivity contribution in [2.75, 3.05) is 0 Å². The van der Waals surface area contributed by atoms with Crippen molar-refractivity contribution >= 4 is 5.97 Å². The van der Waals surface area contributed by atoms with E-state index in [-0.39, 0.29) is 0 Å². The molecule has 0 aliphatic carbocycles. The van der Waals surface area contributed by atoms with Crippen LogP contribution in [0.1, 0.15) is 47.1 Å². The van der Waals surface area contributed by atoms with E-state index < -0.39 is 22.4 Å². The monoisotopic (exact) mass is 278 g/mol. The van der Waals surface area contributed by atoms with Crippen LogP contribution in [0.3, 0.4) is 0 Å². The predicted octanol–water partition coefficient (Wildman–Crippen LogP) is 4.12. The van der Waals surface area contributed by atoms with Crippen LogP contribution in [0.5, 0.6) is 0 Å². The quantitative estimate of drug-likeness (QED) is 0.851. The molecule has 0 heterocycles. The van der Waals surface area contributed by atoms with E-state index in [1.807, 2.05) is 58.0 Å². The number of aliphatic carboxylic acids is 1. The van der Waals surface area contributed by atoms with E-state index in [2.05, 4.69) is 0 Å². The Morgan fingerprint density at radius 1 is 1.05 bits per heavy atom. The first kappa shape index (κ1) is 16.7. The maximum Gasteiger partial charge on any atom is 0.309 e. The van der Waals surface area contributed by atoms with Gasteiger partial charge in [0, 0.05) is 5.41 Å². The van der Waals surface area contributed by atoms with Gasteiger partial charge < -0.3 is 9.84 Å². The Morgan fingerprint density at radius 3 is 2.00 bits per heavy atom. The molecule has 1 rings (SSSR count). The molecule has 3 heteroatoms. The minimum atomic E-state index is -0.882. The molecular formula is C17H26O3. The van der Waals surface area contributed by atoms with Gasteiger partial charge in [-0.2, -0.15) is 0 Å². The second kappa shape index (κ2) is 5.57. The third kappa shape index (κ3) is 3.04. The third-order valence-corrected chi connectivity index (χ3v) is 5.04. The Hall–Kier alpha value is -1.35. The van der Waals surface area contributed by atoms with Crippen LogP contribution >= 0.6 is 0 Å². The van der Waals surface area contributed by atoms with Gasteiger partial charge in [0.2, 0.25) is 0 Å². The topological polar surface area (TPSA) is 46.5 Å². The van der Waals surface area contributed by atoms with Crippen molar-refractivity contribution in [1.82, 2.24) is 0 Å². The van der Waals surface area contributed by atoms with Crippen LogP contribution in [0.15, 0.2) is 30.3 Å². The standard InChI is InChI=1S/C17H26O3/c1-15(2,14(18)19)16(3,4)17(5,6)20-12-13-10-8-7-9-11-13/h7-11H,12H2,1-6H3,(H,18,19). The molecular weight excluding hydrogens is 252 g/mol. The smallest absolute Gasteiger partial charge is 0.309 e. The Morgan fingerprint density at radius 2 is 1.55 bits per heavy atom. The Labute approximate surface area is 122 Å². The summed E-state index contributed by atoms with van der Waals surface area (Å²) in [6.45, 7) is 11.8. The molecule has 0 radical (unpaired) electrons. The number of hydrogen-bond acceptors (Lipinski definition) is 2. The molecule has 1 aromatic rings. The summed E-state index contributed by atoms with van der Waals surface area (Å²) < 4.78 is 6.05. The zero-order valence-corrected chi connectivity index (χ0v) is 13.4. The summed E-state index contributed by atoms with van der Waals surface area (Å²) in [4.78, 5) is 11.5. The van der Waals surface area contributed by atoms with Gasteiger partial charge in [-0.15, -0.1) is 0 Å². The number of rotatable bonds is 6. The minimum absolute atomic E-state index is 0.479. The first-order valence-corrected chi connectivity index (χ1v) is 6.93. The van der Waals surface area contributed by atoms with E-state index in [4.69, 9.17) is 4.74 Å². The molecule has 0 atom stereocenters. The van der Waals surface area contributed by atoms with Gasteiger partial charge in [0.1, 0.15) is 0 Å². The molecule has 0 unspecified atom stereocenters. The molecule has 0 bridgehead atoms. The molecule has 3 nitrogen and oxygen atoms in total. The Bertz CT molecular complexity index is 458. The van der Waals surface area contributed by atoms with Crippen LogP contribution in [0.2, 0.25) is 0 Å². The molecule has 1 aromatic carbocycles. The van der Waals surface area contributed by atoms with E-state index in [1.165, 1.54) is 0 Å². The number of carboxylic acid groups (broad SMARTS) is 1. The van der Waals surface area contributed by atoms with Crippen LogP contribution in [0, 0.1) is 10.8 Å². The minimum Gasteiger partial charge on any atom is -0.481 e. The lowest BCUT2D eigenvalue weighted by atomic mass is 9.60. The van der Waals surface area contributed by atoms with Crippen LogP contribution in [-0.4, -0.2) is 16.7 Å². The van der Waals surface area contributed by atoms with Gasteiger partial charge in [0.05, 0.1) is 17.6 Å². The highest BCUT2D eigenvalue weighted by Gasteiger charge is 2.53. The SMILES string of the molecule is CC(C)(OCc1ccccc1)C(C)(C)C(C)(C)C(=O)O. The van der Waals surface area contributed by atoms with Crippen LogP contribution in [-0.2, 0) is 16.1 Å². The molecule has 0 fully saturated rings. The van der Waals surface area contributed by atoms with E-state index in [0.29, 0.717) is 6.61 Å². The van der Waals surface area contributed by atoms with Gasteiger partial charge in [0.15, 0.2) is 0 Å². The number of benzene rings is 1. The maximum atomic E-state index is 11.5. The zero-order valence-electron chi connectivity index (χ0n) is 13.4. The molecule has 1 N–H and O–H groups in total. The highest BCUT2D eigenvalue weighted by Crippen LogP contribution is 2.48. The lowest BCUT2D eigenvalue weighted by Crippen LogP contribution is -2.53. The summed E-state index contributed by atoms with van der Waals surface area (Å²) in [5, 5.41) is 9.47. The molecule has 0 saturated carbocycles. The van der Waals surface area contributed by atoms with Gasteiger partial charge in [-0.3, -0.25) is 4.79 Å². The van der Waals surface area contributed by atoms with Crippen molar-refractivity contribution < 1.29 is 14.6 Å². The molecule has 0 amide bonds. The predicted molar refractivity (Wildman–Crippen MR) is 80.5 cm³/mol. The summed E-state index contributed by atoms with van der Waals surface area (Å²) in [5.74, 6) is -0.807. The molecule has 0 aliphatic heterocycles. The molecule has 112 valence electrons. The van der Waals surface area contributed by atoms with Crippen LogP contribution in [0.4, 0.5) is 0 Å². The van der Waals surface area contributed by atoms with Gasteiger partial charge in [-0.05, 0) is 33.3 Å². The Kier molecular flexibility index (Phi) is 4.65. The van der Waals surface area contributed by atoms with E-state index in [1.54, 1.807) is 13.8 Å². The summed E-state index contributed by atoms with van der Waals surface area (Å²) in [5.41, 5.74) is -0.886. The molecule has 0 saturated heterocycles. The van der Waals surface area contributed by atoms with E-state index in [9.17, 15) is 9.90 Å². The fourth-order valence-electron chi connectivity index (χ4n) is 2.04. The van der Waals surface area contributed by atoms with E-state index >= 15 is 0 Å². The van der Waals surface area contributed by atoms with Gasteiger partial charge >= 0.3 is 5.97 Å². The number of carboxylic acids is 1. The van der Waals surface area contributed by atoms with Crippen molar-refractivity contribution in [1.29, 1.82) is 0 Å². The molecule has 0 aliphatic rings. The van der Waals surface area contributed by atoms with Gasteiger partial charge in [0.25, 0.3) is 0 Å². The number of hydrogen-bond donors (Lipinski definition) is 1. The average Bonchev–Trinajstić information content (AvgIpc) is 2.37. The summed E-state index contributed by atoms with van der Waals surface area (Å²) in [6.07, 6.45) is 0. The number of carbonyl (C=O) groups is 1. The maximum absolute atomic E-state index is 11.5. The third-order valence-electron chi connectivity index (χ3n) is 5.04.